The van der Waals surface area contributed by atoms with Gasteiger partial charge >= 0.3 is 0 Å². The van der Waals surface area contributed by atoms with E-state index >= 15 is 0 Å². The predicted octanol–water partition coefficient (Wildman–Crippen LogP) is 4.36. The summed E-state index contributed by atoms with van der Waals surface area (Å²) in [5.74, 6) is 0. The zero-order valence-corrected chi connectivity index (χ0v) is 12.4. The van der Waals surface area contributed by atoms with Gasteiger partial charge in [-0.3, -0.25) is 0 Å². The van der Waals surface area contributed by atoms with E-state index in [9.17, 15) is 0 Å². The Labute approximate surface area is 116 Å². The van der Waals surface area contributed by atoms with E-state index in [1.165, 1.54) is 0 Å². The summed E-state index contributed by atoms with van der Waals surface area (Å²) in [5, 5.41) is 10.2. The molecule has 2 nitrogen and oxygen atoms in total. The highest BCUT2D eigenvalue weighted by Gasteiger charge is 2.13. The molecule has 0 aliphatic carbocycles. The van der Waals surface area contributed by atoms with E-state index < -0.39 is 0 Å². The second-order valence-electron chi connectivity index (χ2n) is 4.10. The molecule has 0 aromatic heterocycles. The van der Waals surface area contributed by atoms with Gasteiger partial charge in [0, 0.05) is 28.6 Å². The number of nitrogens with zero attached hydrogens (tertiary/aromatic N) is 2. The Hall–Kier alpha value is -0.720. The van der Waals surface area contributed by atoms with Crippen molar-refractivity contribution in [2.24, 2.45) is 0 Å². The van der Waals surface area contributed by atoms with Crippen LogP contribution in [0.2, 0.25) is 5.02 Å². The van der Waals surface area contributed by atoms with Crippen LogP contribution in [-0.4, -0.2) is 12.6 Å². The summed E-state index contributed by atoms with van der Waals surface area (Å²) in [6, 6.07) is 8.44. The first-order valence-corrected chi connectivity index (χ1v) is 7.08. The lowest BCUT2D eigenvalue weighted by Crippen LogP contribution is -2.32. The van der Waals surface area contributed by atoms with Crippen molar-refractivity contribution >= 4 is 33.2 Å². The van der Waals surface area contributed by atoms with Gasteiger partial charge < -0.3 is 4.90 Å². The van der Waals surface area contributed by atoms with Crippen LogP contribution < -0.4 is 4.90 Å². The van der Waals surface area contributed by atoms with Crippen LogP contribution in [0, 0.1) is 11.3 Å². The zero-order valence-electron chi connectivity index (χ0n) is 10.1. The topological polar surface area (TPSA) is 27.0 Å². The standard InChI is InChI=1S/C13H16BrClN2/c1-10(2)17(7-3-6-16)13-5-4-12(15)8-11(13)9-14/h4-5,8,10H,3,7,9H2,1-2H3. The van der Waals surface area contributed by atoms with E-state index in [0.29, 0.717) is 12.5 Å². The lowest BCUT2D eigenvalue weighted by Gasteiger charge is -2.30. The van der Waals surface area contributed by atoms with Gasteiger partial charge in [-0.05, 0) is 37.6 Å². The molecule has 1 aromatic carbocycles. The summed E-state index contributed by atoms with van der Waals surface area (Å²) < 4.78 is 0. The first-order chi connectivity index (χ1) is 8.10. The van der Waals surface area contributed by atoms with Gasteiger partial charge in [-0.2, -0.15) is 5.26 Å². The third kappa shape index (κ3) is 3.90. The van der Waals surface area contributed by atoms with Gasteiger partial charge in [0.15, 0.2) is 0 Å². The molecule has 0 aliphatic heterocycles. The fourth-order valence-corrected chi connectivity index (χ4v) is 2.41. The molecule has 0 saturated carbocycles. The van der Waals surface area contributed by atoms with Crippen molar-refractivity contribution in [3.8, 4) is 6.07 Å². The Morgan fingerprint density at radius 2 is 2.18 bits per heavy atom. The number of hydrogen-bond donors (Lipinski definition) is 0. The number of rotatable bonds is 5. The average molecular weight is 316 g/mol. The normalized spacial score (nSPS) is 10.4. The van der Waals surface area contributed by atoms with Crippen molar-refractivity contribution < 1.29 is 0 Å². The zero-order chi connectivity index (χ0) is 12.8. The molecule has 0 atom stereocenters. The lowest BCUT2D eigenvalue weighted by atomic mass is 10.1. The Bertz CT molecular complexity index is 412. The number of nitriles is 1. The Morgan fingerprint density at radius 1 is 1.47 bits per heavy atom. The van der Waals surface area contributed by atoms with Gasteiger partial charge in [0.05, 0.1) is 12.5 Å². The number of halogens is 2. The quantitative estimate of drug-likeness (QED) is 0.755. The van der Waals surface area contributed by atoms with Crippen LogP contribution in [0.1, 0.15) is 25.8 Å². The molecule has 92 valence electrons. The second-order valence-corrected chi connectivity index (χ2v) is 5.10. The predicted molar refractivity (Wildman–Crippen MR) is 76.8 cm³/mol. The highest BCUT2D eigenvalue weighted by Crippen LogP contribution is 2.27. The molecule has 0 fully saturated rings. The minimum Gasteiger partial charge on any atom is -0.368 e. The first-order valence-electron chi connectivity index (χ1n) is 5.58. The van der Waals surface area contributed by atoms with Crippen LogP contribution in [0.4, 0.5) is 5.69 Å². The summed E-state index contributed by atoms with van der Waals surface area (Å²) in [6.07, 6.45) is 0.530. The van der Waals surface area contributed by atoms with E-state index in [1.54, 1.807) is 0 Å². The monoisotopic (exact) mass is 314 g/mol. The smallest absolute Gasteiger partial charge is 0.0640 e. The average Bonchev–Trinajstić information content (AvgIpc) is 2.30. The Kier molecular flexibility index (Phi) is 5.80. The van der Waals surface area contributed by atoms with Crippen LogP contribution in [0.15, 0.2) is 18.2 Å². The summed E-state index contributed by atoms with van der Waals surface area (Å²) >= 11 is 9.47. The van der Waals surface area contributed by atoms with Crippen molar-refractivity contribution in [2.75, 3.05) is 11.4 Å². The lowest BCUT2D eigenvalue weighted by molar-refractivity contribution is 0.684. The molecule has 0 N–H and O–H groups in total. The largest absolute Gasteiger partial charge is 0.368 e. The Balaban J connectivity index is 3.05. The molecule has 4 heteroatoms. The molecule has 0 spiro atoms. The molecule has 0 aliphatic rings. The van der Waals surface area contributed by atoms with Gasteiger partial charge in [-0.1, -0.05) is 27.5 Å². The summed E-state index contributed by atoms with van der Waals surface area (Å²) in [6.45, 7) is 5.00. The van der Waals surface area contributed by atoms with Crippen molar-refractivity contribution in [3.05, 3.63) is 28.8 Å². The summed E-state index contributed by atoms with van der Waals surface area (Å²) in [4.78, 5) is 2.23. The molecule has 0 saturated heterocycles. The fourth-order valence-electron chi connectivity index (χ4n) is 1.77. The number of anilines is 1. The van der Waals surface area contributed by atoms with Crippen LogP contribution in [-0.2, 0) is 5.33 Å². The van der Waals surface area contributed by atoms with Gasteiger partial charge in [0.1, 0.15) is 0 Å². The number of hydrogen-bond acceptors (Lipinski definition) is 2. The van der Waals surface area contributed by atoms with E-state index in [-0.39, 0.29) is 0 Å². The SMILES string of the molecule is CC(C)N(CCC#N)c1ccc(Cl)cc1CBr. The van der Waals surface area contributed by atoms with Crippen LogP contribution in [0.3, 0.4) is 0 Å². The third-order valence-electron chi connectivity index (χ3n) is 2.58. The maximum atomic E-state index is 8.71. The van der Waals surface area contributed by atoms with E-state index in [0.717, 1.165) is 28.1 Å². The third-order valence-corrected chi connectivity index (χ3v) is 3.42. The van der Waals surface area contributed by atoms with Crippen molar-refractivity contribution in [3.63, 3.8) is 0 Å². The maximum absolute atomic E-state index is 8.71. The highest BCUT2D eigenvalue weighted by molar-refractivity contribution is 9.08. The molecule has 1 rings (SSSR count). The molecule has 17 heavy (non-hydrogen) atoms. The summed E-state index contributed by atoms with van der Waals surface area (Å²) in [5.41, 5.74) is 2.31. The number of benzene rings is 1. The second kappa shape index (κ2) is 6.88. The van der Waals surface area contributed by atoms with E-state index in [4.69, 9.17) is 16.9 Å². The molecule has 0 radical (unpaired) electrons. The fraction of sp³-hybridized carbons (Fsp3) is 0.462. The molecule has 0 heterocycles. The molecular formula is C13H16BrClN2. The van der Waals surface area contributed by atoms with E-state index in [1.807, 2.05) is 18.2 Å². The van der Waals surface area contributed by atoms with E-state index in [2.05, 4.69) is 40.7 Å². The van der Waals surface area contributed by atoms with Crippen LogP contribution >= 0.6 is 27.5 Å². The van der Waals surface area contributed by atoms with Crippen LogP contribution in [0.5, 0.6) is 0 Å². The summed E-state index contributed by atoms with van der Waals surface area (Å²) in [7, 11) is 0. The van der Waals surface area contributed by atoms with Crippen molar-refractivity contribution in [1.82, 2.24) is 0 Å². The highest BCUT2D eigenvalue weighted by atomic mass is 79.9. The van der Waals surface area contributed by atoms with Crippen LogP contribution in [0.25, 0.3) is 0 Å². The number of alkyl halides is 1. The molecule has 0 bridgehead atoms. The first kappa shape index (κ1) is 14.3. The van der Waals surface area contributed by atoms with Crippen molar-refractivity contribution in [2.45, 2.75) is 31.6 Å². The van der Waals surface area contributed by atoms with Gasteiger partial charge in [0.2, 0.25) is 0 Å². The molecule has 0 unspecified atom stereocenters. The molecule has 1 aromatic rings. The minimum absolute atomic E-state index is 0.363. The minimum atomic E-state index is 0.363. The maximum Gasteiger partial charge on any atom is 0.0640 e. The molecular weight excluding hydrogens is 300 g/mol. The Morgan fingerprint density at radius 3 is 2.71 bits per heavy atom. The van der Waals surface area contributed by atoms with Gasteiger partial charge in [0.25, 0.3) is 0 Å². The van der Waals surface area contributed by atoms with Crippen molar-refractivity contribution in [1.29, 1.82) is 5.26 Å². The van der Waals surface area contributed by atoms with Gasteiger partial charge in [-0.25, -0.2) is 0 Å². The molecule has 0 amide bonds. The van der Waals surface area contributed by atoms with Gasteiger partial charge in [-0.15, -0.1) is 0 Å².